The summed E-state index contributed by atoms with van der Waals surface area (Å²) in [6, 6.07) is 36.1. The fraction of sp³-hybridized carbons (Fsp3) is 0.286. The zero-order chi connectivity index (χ0) is 27.3. The van der Waals surface area contributed by atoms with Crippen LogP contribution in [0, 0.1) is 0 Å². The first kappa shape index (κ1) is 26.6. The van der Waals surface area contributed by atoms with Crippen LogP contribution in [0.15, 0.2) is 103 Å². The average molecular weight is 550 g/mol. The molecule has 0 aliphatic carbocycles. The Bertz CT molecular complexity index is 1380. The maximum Gasteiger partial charge on any atom is 0.254 e. The molecule has 40 heavy (non-hydrogen) atoms. The van der Waals surface area contributed by atoms with Gasteiger partial charge in [0.05, 0.1) is 0 Å². The van der Waals surface area contributed by atoms with Gasteiger partial charge in [0.2, 0.25) is 0 Å². The van der Waals surface area contributed by atoms with Crippen LogP contribution < -0.4 is 4.90 Å². The number of halogens is 1. The topological polar surface area (TPSA) is 26.8 Å². The highest BCUT2D eigenvalue weighted by Gasteiger charge is 2.26. The second kappa shape index (κ2) is 12.3. The second-order valence-corrected chi connectivity index (χ2v) is 11.4. The summed E-state index contributed by atoms with van der Waals surface area (Å²) in [6.07, 6.45) is 2.00. The molecule has 1 saturated heterocycles. The van der Waals surface area contributed by atoms with Crippen molar-refractivity contribution in [2.75, 3.05) is 44.2 Å². The zero-order valence-electron chi connectivity index (χ0n) is 22.9. The third-order valence-corrected chi connectivity index (χ3v) is 8.68. The maximum atomic E-state index is 13.4. The van der Waals surface area contributed by atoms with Crippen molar-refractivity contribution in [2.24, 2.45) is 0 Å². The molecule has 204 valence electrons. The predicted octanol–water partition coefficient (Wildman–Crippen LogP) is 6.88. The number of amides is 1. The van der Waals surface area contributed by atoms with Crippen LogP contribution in [-0.2, 0) is 13.0 Å². The number of fused-ring (bicyclic) bond motifs is 1. The lowest BCUT2D eigenvalue weighted by Crippen LogP contribution is -2.47. The van der Waals surface area contributed by atoms with Crippen LogP contribution in [0.25, 0.3) is 0 Å². The monoisotopic (exact) mass is 549 g/mol. The standard InChI is InChI=1S/C35H36ClN3O/c36-31-14-11-27(12-15-31)26-39-20-17-30-13-16-32(25-34(30)35(39)40)38-23-21-37(22-24-38)19-18-33(28-7-3-1-4-8-28)29-9-5-2-6-10-29/h1-16,25,33H,17-24,26H2. The summed E-state index contributed by atoms with van der Waals surface area (Å²) >= 11 is 6.04. The highest BCUT2D eigenvalue weighted by molar-refractivity contribution is 6.30. The molecule has 0 atom stereocenters. The van der Waals surface area contributed by atoms with Crippen LogP contribution in [-0.4, -0.2) is 55.0 Å². The number of carbonyl (C=O) groups excluding carboxylic acids is 1. The van der Waals surface area contributed by atoms with Gasteiger partial charge in [-0.3, -0.25) is 9.69 Å². The first-order valence-electron chi connectivity index (χ1n) is 14.4. The van der Waals surface area contributed by atoms with E-state index in [2.05, 4.69) is 88.7 Å². The molecular formula is C35H36ClN3O. The van der Waals surface area contributed by atoms with Crippen molar-refractivity contribution in [2.45, 2.75) is 25.3 Å². The molecule has 0 bridgehead atoms. The van der Waals surface area contributed by atoms with E-state index in [1.54, 1.807) is 0 Å². The molecule has 4 nitrogen and oxygen atoms in total. The Hall–Kier alpha value is -3.60. The fourth-order valence-electron chi connectivity index (χ4n) is 6.10. The number of rotatable bonds is 8. The molecule has 2 heterocycles. The molecule has 6 rings (SSSR count). The summed E-state index contributed by atoms with van der Waals surface area (Å²) in [5, 5.41) is 0.719. The quantitative estimate of drug-likeness (QED) is 0.240. The van der Waals surface area contributed by atoms with E-state index in [4.69, 9.17) is 11.6 Å². The molecule has 2 aliphatic heterocycles. The minimum absolute atomic E-state index is 0.129. The van der Waals surface area contributed by atoms with Crippen LogP contribution in [0.1, 0.15) is 45.0 Å². The lowest BCUT2D eigenvalue weighted by molar-refractivity contribution is 0.0727. The Kier molecular flexibility index (Phi) is 8.17. The SMILES string of the molecule is O=C1c2cc(N3CCN(CCC(c4ccccc4)c4ccccc4)CC3)ccc2CCN1Cc1ccc(Cl)cc1. The molecule has 5 heteroatoms. The number of hydrogen-bond donors (Lipinski definition) is 0. The Morgan fingerprint density at radius 3 is 2.02 bits per heavy atom. The van der Waals surface area contributed by atoms with Gasteiger partial charge in [-0.2, -0.15) is 0 Å². The van der Waals surface area contributed by atoms with Gasteiger partial charge < -0.3 is 9.80 Å². The molecule has 0 radical (unpaired) electrons. The van der Waals surface area contributed by atoms with Crippen LogP contribution in [0.2, 0.25) is 5.02 Å². The third kappa shape index (κ3) is 6.09. The lowest BCUT2D eigenvalue weighted by atomic mass is 9.88. The molecule has 0 aromatic heterocycles. The van der Waals surface area contributed by atoms with Crippen molar-refractivity contribution in [3.63, 3.8) is 0 Å². The third-order valence-electron chi connectivity index (χ3n) is 8.42. The predicted molar refractivity (Wildman–Crippen MR) is 164 cm³/mol. The summed E-state index contributed by atoms with van der Waals surface area (Å²) in [4.78, 5) is 20.4. The summed E-state index contributed by atoms with van der Waals surface area (Å²) in [5.41, 5.74) is 7.05. The number of anilines is 1. The van der Waals surface area contributed by atoms with Gasteiger partial charge in [-0.1, -0.05) is 90.5 Å². The second-order valence-electron chi connectivity index (χ2n) is 10.9. The van der Waals surface area contributed by atoms with Gasteiger partial charge in [0.25, 0.3) is 5.91 Å². The maximum absolute atomic E-state index is 13.4. The van der Waals surface area contributed by atoms with Crippen LogP contribution in [0.4, 0.5) is 5.69 Å². The minimum atomic E-state index is 0.129. The highest BCUT2D eigenvalue weighted by atomic mass is 35.5. The molecule has 1 fully saturated rings. The van der Waals surface area contributed by atoms with Gasteiger partial charge in [-0.15, -0.1) is 0 Å². The molecule has 0 N–H and O–H groups in total. The first-order valence-corrected chi connectivity index (χ1v) is 14.8. The van der Waals surface area contributed by atoms with Gasteiger partial charge in [-0.05, 0) is 65.9 Å². The highest BCUT2D eigenvalue weighted by Crippen LogP contribution is 2.30. The first-order chi connectivity index (χ1) is 19.6. The molecule has 1 amide bonds. The zero-order valence-corrected chi connectivity index (χ0v) is 23.6. The number of benzene rings is 4. The summed E-state index contributed by atoms with van der Waals surface area (Å²) in [6.45, 7) is 6.45. The number of hydrogen-bond acceptors (Lipinski definition) is 3. The minimum Gasteiger partial charge on any atom is -0.369 e. The Morgan fingerprint density at radius 1 is 0.725 bits per heavy atom. The molecule has 0 saturated carbocycles. The molecular weight excluding hydrogens is 514 g/mol. The summed E-state index contributed by atoms with van der Waals surface area (Å²) < 4.78 is 0. The summed E-state index contributed by atoms with van der Waals surface area (Å²) in [7, 11) is 0. The van der Waals surface area contributed by atoms with Crippen molar-refractivity contribution >= 4 is 23.2 Å². The number of nitrogens with zero attached hydrogens (tertiary/aromatic N) is 3. The van der Waals surface area contributed by atoms with E-state index in [9.17, 15) is 4.79 Å². The van der Waals surface area contributed by atoms with Gasteiger partial charge in [-0.25, -0.2) is 0 Å². The van der Waals surface area contributed by atoms with Crippen molar-refractivity contribution in [1.82, 2.24) is 9.80 Å². The number of piperazine rings is 1. The normalized spacial score (nSPS) is 15.9. The van der Waals surface area contributed by atoms with E-state index in [0.29, 0.717) is 12.5 Å². The van der Waals surface area contributed by atoms with E-state index in [1.165, 1.54) is 11.1 Å². The Labute approximate surface area is 242 Å². The van der Waals surface area contributed by atoms with E-state index >= 15 is 0 Å². The molecule has 0 spiro atoms. The van der Waals surface area contributed by atoms with Gasteiger partial charge in [0.1, 0.15) is 0 Å². The molecule has 2 aliphatic rings. The van der Waals surface area contributed by atoms with Crippen LogP contribution >= 0.6 is 11.6 Å². The van der Waals surface area contributed by atoms with Crippen LogP contribution in [0.3, 0.4) is 0 Å². The fourth-order valence-corrected chi connectivity index (χ4v) is 6.23. The largest absolute Gasteiger partial charge is 0.369 e. The van der Waals surface area contributed by atoms with Gasteiger partial charge in [0.15, 0.2) is 0 Å². The Balaban J connectivity index is 1.07. The average Bonchev–Trinajstić information content (AvgIpc) is 3.01. The Morgan fingerprint density at radius 2 is 1.38 bits per heavy atom. The smallest absolute Gasteiger partial charge is 0.254 e. The van der Waals surface area contributed by atoms with Crippen molar-refractivity contribution in [3.8, 4) is 0 Å². The molecule has 0 unspecified atom stereocenters. The van der Waals surface area contributed by atoms with E-state index < -0.39 is 0 Å². The lowest BCUT2D eigenvalue weighted by Gasteiger charge is -2.37. The molecule has 4 aromatic carbocycles. The van der Waals surface area contributed by atoms with Crippen molar-refractivity contribution in [1.29, 1.82) is 0 Å². The van der Waals surface area contributed by atoms with Crippen molar-refractivity contribution in [3.05, 3.63) is 136 Å². The van der Waals surface area contributed by atoms with Crippen LogP contribution in [0.5, 0.6) is 0 Å². The summed E-state index contributed by atoms with van der Waals surface area (Å²) in [5.74, 6) is 0.535. The van der Waals surface area contributed by atoms with E-state index in [1.807, 2.05) is 29.2 Å². The number of carbonyl (C=O) groups is 1. The van der Waals surface area contributed by atoms with Crippen molar-refractivity contribution < 1.29 is 4.79 Å². The van der Waals surface area contributed by atoms with E-state index in [-0.39, 0.29) is 5.91 Å². The molecule has 4 aromatic rings. The van der Waals surface area contributed by atoms with Gasteiger partial charge >= 0.3 is 0 Å². The van der Waals surface area contributed by atoms with Gasteiger partial charge in [0, 0.05) is 61.5 Å². The van der Waals surface area contributed by atoms with E-state index in [0.717, 1.165) is 79.5 Å².